The summed E-state index contributed by atoms with van der Waals surface area (Å²) in [6.07, 6.45) is 3.73. The molecular weight excluding hydrogens is 356 g/mol. The smallest absolute Gasteiger partial charge is 0.339 e. The van der Waals surface area contributed by atoms with Gasteiger partial charge in [0.05, 0.1) is 30.5 Å². The van der Waals surface area contributed by atoms with E-state index >= 15 is 0 Å². The Kier molecular flexibility index (Phi) is 7.32. The molecule has 2 aromatic rings. The maximum Gasteiger partial charge on any atom is 0.339 e. The molecule has 0 aromatic carbocycles. The van der Waals surface area contributed by atoms with E-state index in [0.29, 0.717) is 24.0 Å². The third-order valence-electron chi connectivity index (χ3n) is 3.77. The average Bonchev–Trinajstić information content (AvgIpc) is 3.02. The molecule has 2 heterocycles. The third-order valence-corrected chi connectivity index (χ3v) is 4.66. The first kappa shape index (κ1) is 20.1. The predicted molar refractivity (Wildman–Crippen MR) is 99.5 cm³/mol. The van der Waals surface area contributed by atoms with E-state index in [-0.39, 0.29) is 17.5 Å². The minimum absolute atomic E-state index is 0.189. The van der Waals surface area contributed by atoms with Crippen molar-refractivity contribution in [3.63, 3.8) is 0 Å². The van der Waals surface area contributed by atoms with E-state index in [1.165, 1.54) is 17.7 Å². The minimum Gasteiger partial charge on any atom is -0.464 e. The van der Waals surface area contributed by atoms with Gasteiger partial charge in [0.25, 0.3) is 5.56 Å². The second kappa shape index (κ2) is 9.47. The van der Waals surface area contributed by atoms with Crippen LogP contribution in [0.1, 0.15) is 50.4 Å². The van der Waals surface area contributed by atoms with Gasteiger partial charge in [-0.2, -0.15) is 0 Å². The summed E-state index contributed by atoms with van der Waals surface area (Å²) in [5, 5.41) is 1.76. The van der Waals surface area contributed by atoms with Crippen LogP contribution in [0.2, 0.25) is 0 Å². The lowest BCUT2D eigenvalue weighted by atomic mass is 10.1. The van der Waals surface area contributed by atoms with Gasteiger partial charge in [0.2, 0.25) is 0 Å². The molecular formula is C18H24N2O5S. The van der Waals surface area contributed by atoms with Gasteiger partial charge in [-0.25, -0.2) is 9.78 Å². The molecule has 8 heteroatoms. The van der Waals surface area contributed by atoms with Crippen molar-refractivity contribution < 1.29 is 19.1 Å². The number of aromatic nitrogens is 2. The van der Waals surface area contributed by atoms with Crippen LogP contribution in [0.25, 0.3) is 10.2 Å². The van der Waals surface area contributed by atoms with Gasteiger partial charge in [0, 0.05) is 5.38 Å². The number of thiophene rings is 1. The zero-order valence-electron chi connectivity index (χ0n) is 15.3. The van der Waals surface area contributed by atoms with Gasteiger partial charge in [-0.1, -0.05) is 27.2 Å². The summed E-state index contributed by atoms with van der Waals surface area (Å²) >= 11 is 1.20. The Morgan fingerprint density at radius 1 is 1.27 bits per heavy atom. The molecule has 26 heavy (non-hydrogen) atoms. The molecule has 0 fully saturated rings. The normalized spacial score (nSPS) is 11.1. The van der Waals surface area contributed by atoms with Crippen molar-refractivity contribution >= 4 is 33.5 Å². The molecule has 0 bridgehead atoms. The van der Waals surface area contributed by atoms with Crippen molar-refractivity contribution in [2.24, 2.45) is 5.92 Å². The summed E-state index contributed by atoms with van der Waals surface area (Å²) in [5.41, 5.74) is -0.249. The number of esters is 2. The van der Waals surface area contributed by atoms with Crippen LogP contribution >= 0.6 is 11.3 Å². The number of unbranched alkanes of at least 4 members (excludes halogenated alkanes) is 1. The fourth-order valence-corrected chi connectivity index (χ4v) is 3.08. The molecule has 0 aliphatic rings. The molecule has 0 spiro atoms. The van der Waals surface area contributed by atoms with Crippen molar-refractivity contribution in [3.05, 3.63) is 27.6 Å². The maximum absolute atomic E-state index is 12.7. The van der Waals surface area contributed by atoms with E-state index in [9.17, 15) is 14.4 Å². The molecule has 2 aromatic heterocycles. The highest BCUT2D eigenvalue weighted by molar-refractivity contribution is 7.17. The van der Waals surface area contributed by atoms with Crippen LogP contribution in [0.15, 0.2) is 16.5 Å². The summed E-state index contributed by atoms with van der Waals surface area (Å²) in [4.78, 5) is 41.4. The monoisotopic (exact) mass is 380 g/mol. The summed E-state index contributed by atoms with van der Waals surface area (Å²) in [6, 6.07) is 0. The SMILES string of the molecule is CCCCOC(=O)c1csc2ncn(CC(=O)OCCC(C)C)c(=O)c12. The van der Waals surface area contributed by atoms with Crippen LogP contribution in [-0.4, -0.2) is 34.7 Å². The standard InChI is InChI=1S/C18H24N2O5S/c1-4-5-7-25-18(23)13-10-26-16-15(13)17(22)20(11-19-16)9-14(21)24-8-6-12(2)3/h10-12H,4-9H2,1-3H3. The van der Waals surface area contributed by atoms with E-state index < -0.39 is 17.5 Å². The molecule has 0 saturated carbocycles. The van der Waals surface area contributed by atoms with E-state index in [0.717, 1.165) is 23.8 Å². The van der Waals surface area contributed by atoms with E-state index in [1.807, 2.05) is 20.8 Å². The largest absolute Gasteiger partial charge is 0.464 e. The highest BCUT2D eigenvalue weighted by Crippen LogP contribution is 2.21. The number of carbonyl (C=O) groups excluding carboxylic acids is 2. The molecule has 0 radical (unpaired) electrons. The Hall–Kier alpha value is -2.22. The zero-order valence-corrected chi connectivity index (χ0v) is 16.1. The van der Waals surface area contributed by atoms with Crippen molar-refractivity contribution in [2.75, 3.05) is 13.2 Å². The van der Waals surface area contributed by atoms with Crippen molar-refractivity contribution in [1.29, 1.82) is 0 Å². The molecule has 7 nitrogen and oxygen atoms in total. The average molecular weight is 380 g/mol. The molecule has 142 valence electrons. The van der Waals surface area contributed by atoms with Crippen molar-refractivity contribution in [3.8, 4) is 0 Å². The van der Waals surface area contributed by atoms with Crippen LogP contribution in [0.4, 0.5) is 0 Å². The lowest BCUT2D eigenvalue weighted by Gasteiger charge is -2.08. The molecule has 0 unspecified atom stereocenters. The Morgan fingerprint density at radius 3 is 2.73 bits per heavy atom. The van der Waals surface area contributed by atoms with Crippen LogP contribution in [0, 0.1) is 5.92 Å². The first-order chi connectivity index (χ1) is 12.4. The topological polar surface area (TPSA) is 87.5 Å². The number of rotatable bonds is 9. The van der Waals surface area contributed by atoms with Gasteiger partial charge in [0.15, 0.2) is 0 Å². The van der Waals surface area contributed by atoms with Gasteiger partial charge in [0.1, 0.15) is 11.4 Å². The number of ether oxygens (including phenoxy) is 2. The first-order valence-electron chi connectivity index (χ1n) is 8.73. The summed E-state index contributed by atoms with van der Waals surface area (Å²) in [5.74, 6) is -0.618. The second-order valence-corrected chi connectivity index (χ2v) is 7.26. The van der Waals surface area contributed by atoms with Crippen molar-refractivity contribution in [1.82, 2.24) is 9.55 Å². The summed E-state index contributed by atoms with van der Waals surface area (Å²) in [7, 11) is 0. The Morgan fingerprint density at radius 2 is 2.04 bits per heavy atom. The van der Waals surface area contributed by atoms with Gasteiger partial charge in [-0.05, 0) is 18.8 Å². The van der Waals surface area contributed by atoms with Crippen LogP contribution in [-0.2, 0) is 20.8 Å². The van der Waals surface area contributed by atoms with Crippen LogP contribution in [0.3, 0.4) is 0 Å². The third kappa shape index (κ3) is 5.14. The van der Waals surface area contributed by atoms with Gasteiger partial charge >= 0.3 is 11.9 Å². The molecule has 0 saturated heterocycles. The lowest BCUT2D eigenvalue weighted by molar-refractivity contribution is -0.144. The number of fused-ring (bicyclic) bond motifs is 1. The minimum atomic E-state index is -0.541. The molecule has 2 rings (SSSR count). The number of nitrogens with zero attached hydrogens (tertiary/aromatic N) is 2. The highest BCUT2D eigenvalue weighted by Gasteiger charge is 2.19. The van der Waals surface area contributed by atoms with Gasteiger partial charge < -0.3 is 9.47 Å². The highest BCUT2D eigenvalue weighted by atomic mass is 32.1. The zero-order chi connectivity index (χ0) is 19.1. The second-order valence-electron chi connectivity index (χ2n) is 6.40. The molecule has 0 aliphatic carbocycles. The summed E-state index contributed by atoms with van der Waals surface area (Å²) in [6.45, 7) is 6.45. The molecule has 0 N–H and O–H groups in total. The van der Waals surface area contributed by atoms with Crippen molar-refractivity contribution in [2.45, 2.75) is 46.6 Å². The maximum atomic E-state index is 12.7. The van der Waals surface area contributed by atoms with Crippen LogP contribution < -0.4 is 5.56 Å². The van der Waals surface area contributed by atoms with E-state index in [1.54, 1.807) is 5.38 Å². The molecule has 0 aliphatic heterocycles. The number of carbonyl (C=O) groups is 2. The quantitative estimate of drug-likeness (QED) is 0.491. The number of hydrogen-bond acceptors (Lipinski definition) is 7. The van der Waals surface area contributed by atoms with E-state index in [2.05, 4.69) is 4.98 Å². The lowest BCUT2D eigenvalue weighted by Crippen LogP contribution is -2.26. The molecule has 0 atom stereocenters. The fraction of sp³-hybridized carbons (Fsp3) is 0.556. The predicted octanol–water partition coefficient (Wildman–Crippen LogP) is 3.00. The van der Waals surface area contributed by atoms with Gasteiger partial charge in [-0.15, -0.1) is 11.3 Å². The van der Waals surface area contributed by atoms with Crippen LogP contribution in [0.5, 0.6) is 0 Å². The van der Waals surface area contributed by atoms with E-state index in [4.69, 9.17) is 9.47 Å². The van der Waals surface area contributed by atoms with Gasteiger partial charge in [-0.3, -0.25) is 14.2 Å². The Balaban J connectivity index is 2.16. The Labute approximate surface area is 155 Å². The fourth-order valence-electron chi connectivity index (χ4n) is 2.21. The Bertz CT molecular complexity index is 825. The molecule has 0 amide bonds. The number of hydrogen-bond donors (Lipinski definition) is 0. The summed E-state index contributed by atoms with van der Waals surface area (Å²) < 4.78 is 11.5. The first-order valence-corrected chi connectivity index (χ1v) is 9.61.